The number of aliphatic hydroxyl groups is 1. The molecule has 2 fully saturated rings. The summed E-state index contributed by atoms with van der Waals surface area (Å²) in [6.07, 6.45) is -0.205. The summed E-state index contributed by atoms with van der Waals surface area (Å²) in [6, 6.07) is 7.89. The predicted molar refractivity (Wildman–Crippen MR) is 123 cm³/mol. The van der Waals surface area contributed by atoms with Crippen LogP contribution in [-0.4, -0.2) is 80.0 Å². The Morgan fingerprint density at radius 2 is 2.00 bits per heavy atom. The maximum absolute atomic E-state index is 9.90. The molecule has 4 rings (SSSR count). The Morgan fingerprint density at radius 3 is 2.69 bits per heavy atom. The van der Waals surface area contributed by atoms with E-state index >= 15 is 0 Å². The van der Waals surface area contributed by atoms with E-state index in [1.165, 1.54) is 0 Å². The average Bonchev–Trinajstić information content (AvgIpc) is 3.32. The number of morpholine rings is 1. The lowest BCUT2D eigenvalue weighted by molar-refractivity contribution is 0.0321. The first-order valence-corrected chi connectivity index (χ1v) is 11.2. The summed E-state index contributed by atoms with van der Waals surface area (Å²) < 4.78 is 17.0. The number of hydrogen-bond donors (Lipinski definition) is 3. The van der Waals surface area contributed by atoms with E-state index in [9.17, 15) is 5.11 Å². The highest BCUT2D eigenvalue weighted by molar-refractivity contribution is 5.67. The molecule has 0 radical (unpaired) electrons. The van der Waals surface area contributed by atoms with Crippen molar-refractivity contribution < 1.29 is 19.3 Å². The predicted octanol–water partition coefficient (Wildman–Crippen LogP) is 1.79. The monoisotopic (exact) mass is 443 g/mol. The summed E-state index contributed by atoms with van der Waals surface area (Å²) in [5.41, 5.74) is 1.88. The van der Waals surface area contributed by atoms with E-state index in [0.29, 0.717) is 31.4 Å². The lowest BCUT2D eigenvalue weighted by atomic mass is 10.1. The largest absolute Gasteiger partial charge is 0.473 e. The highest BCUT2D eigenvalue weighted by atomic mass is 16.5. The fourth-order valence-corrected chi connectivity index (χ4v) is 3.95. The molecular formula is C23H33N5O4. The fraction of sp³-hybridized carbons (Fsp3) is 0.565. The summed E-state index contributed by atoms with van der Waals surface area (Å²) in [5.74, 6) is 3.01. The number of aromatic nitrogens is 2. The molecule has 9 heteroatoms. The highest BCUT2D eigenvalue weighted by Crippen LogP contribution is 2.30. The molecule has 32 heavy (non-hydrogen) atoms. The minimum atomic E-state index is -0.656. The van der Waals surface area contributed by atoms with E-state index in [1.807, 2.05) is 24.3 Å². The van der Waals surface area contributed by atoms with Crippen molar-refractivity contribution in [3.63, 3.8) is 0 Å². The number of hydrogen-bond acceptors (Lipinski definition) is 9. The van der Waals surface area contributed by atoms with Crippen LogP contribution in [0.25, 0.3) is 11.4 Å². The van der Waals surface area contributed by atoms with Crippen molar-refractivity contribution in [1.82, 2.24) is 15.3 Å². The molecular weight excluding hydrogens is 410 g/mol. The van der Waals surface area contributed by atoms with Crippen LogP contribution in [0.2, 0.25) is 0 Å². The Kier molecular flexibility index (Phi) is 7.41. The standard InChI is InChI=1S/C23H33N5O4/c1-15-20(25-18-7-10-31-14-18)26-21(27-22(15)28-8-11-30-12-9-28)17-5-4-6-19(13-17)32-23(24-3)16(2)29/h4-6,13,16,18,23-24,29H,7-12,14H2,1-3H3,(H,25,26,27)/t16?,18-,23?/m1/s1. The van der Waals surface area contributed by atoms with Crippen LogP contribution >= 0.6 is 0 Å². The van der Waals surface area contributed by atoms with Crippen molar-refractivity contribution >= 4 is 11.6 Å². The van der Waals surface area contributed by atoms with Crippen molar-refractivity contribution in [2.24, 2.45) is 0 Å². The lowest BCUT2D eigenvalue weighted by Crippen LogP contribution is -2.40. The molecule has 2 aromatic rings. The second kappa shape index (κ2) is 10.4. The summed E-state index contributed by atoms with van der Waals surface area (Å²) in [6.45, 7) is 8.16. The highest BCUT2D eigenvalue weighted by Gasteiger charge is 2.23. The van der Waals surface area contributed by atoms with Crippen molar-refractivity contribution in [3.8, 4) is 17.1 Å². The second-order valence-electron chi connectivity index (χ2n) is 8.24. The molecule has 2 aliphatic heterocycles. The molecule has 0 aliphatic carbocycles. The average molecular weight is 444 g/mol. The van der Waals surface area contributed by atoms with Gasteiger partial charge in [0, 0.05) is 30.8 Å². The Morgan fingerprint density at radius 1 is 1.19 bits per heavy atom. The number of likely N-dealkylation sites (N-methyl/N-ethyl adjacent to an activating group) is 1. The summed E-state index contributed by atoms with van der Waals surface area (Å²) in [5, 5.41) is 16.4. The van der Waals surface area contributed by atoms with Crippen molar-refractivity contribution in [3.05, 3.63) is 29.8 Å². The van der Waals surface area contributed by atoms with Gasteiger partial charge in [0.05, 0.1) is 25.9 Å². The minimum Gasteiger partial charge on any atom is -0.473 e. The molecule has 3 atom stereocenters. The second-order valence-corrected chi connectivity index (χ2v) is 8.24. The molecule has 0 spiro atoms. The molecule has 9 nitrogen and oxygen atoms in total. The van der Waals surface area contributed by atoms with Gasteiger partial charge in [-0.3, -0.25) is 5.32 Å². The maximum Gasteiger partial charge on any atom is 0.175 e. The van der Waals surface area contributed by atoms with Crippen molar-refractivity contribution in [1.29, 1.82) is 0 Å². The van der Waals surface area contributed by atoms with Crippen LogP contribution in [0, 0.1) is 6.92 Å². The third-order valence-electron chi connectivity index (χ3n) is 5.78. The zero-order valence-corrected chi connectivity index (χ0v) is 19.0. The van der Waals surface area contributed by atoms with E-state index in [2.05, 4.69) is 22.5 Å². The zero-order valence-electron chi connectivity index (χ0n) is 19.0. The molecule has 0 amide bonds. The van der Waals surface area contributed by atoms with Gasteiger partial charge < -0.3 is 29.5 Å². The first-order chi connectivity index (χ1) is 15.5. The van der Waals surface area contributed by atoms with Crippen molar-refractivity contribution in [2.75, 3.05) is 56.8 Å². The molecule has 0 saturated carbocycles. The van der Waals surface area contributed by atoms with Crippen molar-refractivity contribution in [2.45, 2.75) is 38.6 Å². The Balaban J connectivity index is 1.68. The third-order valence-corrected chi connectivity index (χ3v) is 5.78. The minimum absolute atomic E-state index is 0.242. The third kappa shape index (κ3) is 5.29. The Labute approximate surface area is 189 Å². The summed E-state index contributed by atoms with van der Waals surface area (Å²) in [7, 11) is 1.75. The van der Waals surface area contributed by atoms with Crippen LogP contribution < -0.4 is 20.3 Å². The molecule has 3 N–H and O–H groups in total. The van der Waals surface area contributed by atoms with E-state index in [1.54, 1.807) is 14.0 Å². The van der Waals surface area contributed by atoms with Crippen LogP contribution in [0.3, 0.4) is 0 Å². The molecule has 0 bridgehead atoms. The molecule has 2 aliphatic rings. The number of rotatable bonds is 8. The fourth-order valence-electron chi connectivity index (χ4n) is 3.95. The molecule has 1 aromatic heterocycles. The van der Waals surface area contributed by atoms with Crippen LogP contribution in [-0.2, 0) is 9.47 Å². The SMILES string of the molecule is CNC(Oc1cccc(-c2nc(N[C@@H]3CCOC3)c(C)c(N3CCOCC3)n2)c1)C(C)O. The number of benzene rings is 1. The Bertz CT molecular complexity index is 898. The van der Waals surface area contributed by atoms with Gasteiger partial charge in [-0.2, -0.15) is 0 Å². The van der Waals surface area contributed by atoms with Gasteiger partial charge in [-0.15, -0.1) is 0 Å². The lowest BCUT2D eigenvalue weighted by Gasteiger charge is -2.30. The topological polar surface area (TPSA) is 101 Å². The number of aliphatic hydroxyl groups excluding tert-OH is 1. The van der Waals surface area contributed by atoms with E-state index < -0.39 is 12.3 Å². The van der Waals surface area contributed by atoms with E-state index in [-0.39, 0.29) is 6.04 Å². The van der Waals surface area contributed by atoms with E-state index in [4.69, 9.17) is 24.2 Å². The molecule has 174 valence electrons. The smallest absolute Gasteiger partial charge is 0.175 e. The van der Waals surface area contributed by atoms with Gasteiger partial charge >= 0.3 is 0 Å². The Hall–Kier alpha value is -2.46. The molecule has 3 heterocycles. The van der Waals surface area contributed by atoms with E-state index in [0.717, 1.165) is 48.9 Å². The van der Waals surface area contributed by atoms with Crippen LogP contribution in [0.1, 0.15) is 18.9 Å². The molecule has 2 saturated heterocycles. The van der Waals surface area contributed by atoms with Gasteiger partial charge in [0.2, 0.25) is 0 Å². The number of nitrogens with one attached hydrogen (secondary N) is 2. The van der Waals surface area contributed by atoms with Crippen LogP contribution in [0.15, 0.2) is 24.3 Å². The molecule has 1 aromatic carbocycles. The first-order valence-electron chi connectivity index (χ1n) is 11.2. The normalized spacial score (nSPS) is 20.8. The summed E-state index contributed by atoms with van der Waals surface area (Å²) >= 11 is 0. The van der Waals surface area contributed by atoms with Gasteiger partial charge in [0.15, 0.2) is 12.1 Å². The summed E-state index contributed by atoms with van der Waals surface area (Å²) in [4.78, 5) is 12.1. The number of nitrogens with zero attached hydrogens (tertiary/aromatic N) is 3. The van der Waals surface area contributed by atoms with Gasteiger partial charge in [-0.05, 0) is 39.4 Å². The molecule has 2 unspecified atom stereocenters. The van der Waals surface area contributed by atoms with Gasteiger partial charge in [-0.1, -0.05) is 12.1 Å². The van der Waals surface area contributed by atoms with Gasteiger partial charge in [-0.25, -0.2) is 9.97 Å². The number of ether oxygens (including phenoxy) is 3. The zero-order chi connectivity index (χ0) is 22.5. The van der Waals surface area contributed by atoms with Gasteiger partial charge in [0.25, 0.3) is 0 Å². The quantitative estimate of drug-likeness (QED) is 0.527. The van der Waals surface area contributed by atoms with Crippen LogP contribution in [0.5, 0.6) is 5.75 Å². The maximum atomic E-state index is 9.90. The first kappa shape index (κ1) is 22.7. The number of anilines is 2. The van der Waals surface area contributed by atoms with Crippen LogP contribution in [0.4, 0.5) is 11.6 Å². The van der Waals surface area contributed by atoms with Gasteiger partial charge in [0.1, 0.15) is 23.5 Å².